The first-order chi connectivity index (χ1) is 6.68. The highest BCUT2D eigenvalue weighted by Gasteiger charge is 2.16. The van der Waals surface area contributed by atoms with Crippen LogP contribution < -0.4 is 5.32 Å². The van der Waals surface area contributed by atoms with E-state index in [1.165, 1.54) is 6.07 Å². The Labute approximate surface area is 92.7 Å². The predicted molar refractivity (Wildman–Crippen MR) is 57.4 cm³/mol. The number of aryl methyl sites for hydroxylation is 1. The van der Waals surface area contributed by atoms with Gasteiger partial charge in [-0.05, 0) is 30.5 Å². The minimum atomic E-state index is -1.09. The van der Waals surface area contributed by atoms with Crippen molar-refractivity contribution in [1.82, 2.24) is 0 Å². The third-order valence-electron chi connectivity index (χ3n) is 2.34. The van der Waals surface area contributed by atoms with Crippen molar-refractivity contribution in [2.24, 2.45) is 0 Å². The number of nitrogens with one attached hydrogen (secondary N) is 1. The molecule has 0 amide bonds. The molecule has 1 heterocycles. The van der Waals surface area contributed by atoms with Gasteiger partial charge in [-0.3, -0.25) is 0 Å². The SMILES string of the molecule is Cl.O=C(O)c1cc(F)c2c(c1)CCCN2. The highest BCUT2D eigenvalue weighted by atomic mass is 35.5. The third-order valence-corrected chi connectivity index (χ3v) is 2.34. The van der Waals surface area contributed by atoms with Crippen LogP contribution in [0.2, 0.25) is 0 Å². The van der Waals surface area contributed by atoms with Crippen LogP contribution in [-0.4, -0.2) is 17.6 Å². The van der Waals surface area contributed by atoms with E-state index < -0.39 is 11.8 Å². The molecular weight excluding hydrogens is 221 g/mol. The molecule has 0 radical (unpaired) electrons. The van der Waals surface area contributed by atoms with E-state index in [1.807, 2.05) is 0 Å². The van der Waals surface area contributed by atoms with Crippen LogP contribution in [0.25, 0.3) is 0 Å². The zero-order valence-corrected chi connectivity index (χ0v) is 8.73. The van der Waals surface area contributed by atoms with E-state index in [4.69, 9.17) is 5.11 Å². The number of rotatable bonds is 1. The van der Waals surface area contributed by atoms with Gasteiger partial charge >= 0.3 is 5.97 Å². The van der Waals surface area contributed by atoms with Crippen LogP contribution in [0.4, 0.5) is 10.1 Å². The molecule has 2 N–H and O–H groups in total. The maximum atomic E-state index is 13.4. The quantitative estimate of drug-likeness (QED) is 0.780. The lowest BCUT2D eigenvalue weighted by atomic mass is 10.0. The smallest absolute Gasteiger partial charge is 0.335 e. The van der Waals surface area contributed by atoms with Gasteiger partial charge in [-0.2, -0.15) is 0 Å². The largest absolute Gasteiger partial charge is 0.478 e. The number of hydrogen-bond donors (Lipinski definition) is 2. The summed E-state index contributed by atoms with van der Waals surface area (Å²) in [6.45, 7) is 0.746. The summed E-state index contributed by atoms with van der Waals surface area (Å²) in [6, 6.07) is 2.59. The molecule has 0 aromatic heterocycles. The molecule has 1 aromatic rings. The van der Waals surface area contributed by atoms with E-state index in [2.05, 4.69) is 5.32 Å². The number of halogens is 2. The van der Waals surface area contributed by atoms with E-state index in [0.717, 1.165) is 31.0 Å². The van der Waals surface area contributed by atoms with E-state index >= 15 is 0 Å². The van der Waals surface area contributed by atoms with Crippen molar-refractivity contribution in [2.75, 3.05) is 11.9 Å². The number of fused-ring (bicyclic) bond motifs is 1. The van der Waals surface area contributed by atoms with Crippen molar-refractivity contribution in [1.29, 1.82) is 0 Å². The Bertz CT molecular complexity index is 395. The molecule has 1 aliphatic rings. The van der Waals surface area contributed by atoms with E-state index in [0.29, 0.717) is 5.69 Å². The molecule has 0 saturated carbocycles. The molecule has 0 aliphatic carbocycles. The monoisotopic (exact) mass is 231 g/mol. The number of carboxylic acid groups (broad SMARTS) is 1. The fraction of sp³-hybridized carbons (Fsp3) is 0.300. The highest BCUT2D eigenvalue weighted by Crippen LogP contribution is 2.26. The molecule has 3 nitrogen and oxygen atoms in total. The van der Waals surface area contributed by atoms with Crippen molar-refractivity contribution >= 4 is 24.1 Å². The highest BCUT2D eigenvalue weighted by molar-refractivity contribution is 5.88. The average Bonchev–Trinajstić information content (AvgIpc) is 2.17. The van der Waals surface area contributed by atoms with Gasteiger partial charge in [-0.1, -0.05) is 0 Å². The third kappa shape index (κ3) is 2.21. The first kappa shape index (κ1) is 11.8. The first-order valence-corrected chi connectivity index (χ1v) is 4.48. The van der Waals surface area contributed by atoms with E-state index in [9.17, 15) is 9.18 Å². The van der Waals surface area contributed by atoms with E-state index in [-0.39, 0.29) is 18.0 Å². The summed E-state index contributed by atoms with van der Waals surface area (Å²) in [5, 5.41) is 11.7. The molecule has 0 spiro atoms. The van der Waals surface area contributed by atoms with Gasteiger partial charge in [0.1, 0.15) is 5.82 Å². The summed E-state index contributed by atoms with van der Waals surface area (Å²) < 4.78 is 13.4. The summed E-state index contributed by atoms with van der Waals surface area (Å²) in [5.74, 6) is -1.56. The molecule has 0 saturated heterocycles. The molecule has 0 unspecified atom stereocenters. The summed E-state index contributed by atoms with van der Waals surface area (Å²) in [6.07, 6.45) is 1.65. The standard InChI is InChI=1S/C10H10FNO2.ClH/c11-8-5-7(10(13)14)4-6-2-1-3-12-9(6)8;/h4-5,12H,1-3H2,(H,13,14);1H. The lowest BCUT2D eigenvalue weighted by Gasteiger charge is -2.18. The van der Waals surface area contributed by atoms with Crippen LogP contribution in [0.5, 0.6) is 0 Å². The lowest BCUT2D eigenvalue weighted by Crippen LogP contribution is -2.14. The molecule has 0 fully saturated rings. The molecule has 0 atom stereocenters. The Hall–Kier alpha value is -1.29. The normalized spacial score (nSPS) is 13.4. The maximum Gasteiger partial charge on any atom is 0.335 e. The number of carbonyl (C=O) groups is 1. The second-order valence-corrected chi connectivity index (χ2v) is 3.33. The molecule has 15 heavy (non-hydrogen) atoms. The Morgan fingerprint density at radius 1 is 1.47 bits per heavy atom. The molecule has 82 valence electrons. The van der Waals surface area contributed by atoms with Gasteiger partial charge < -0.3 is 10.4 Å². The van der Waals surface area contributed by atoms with Crippen LogP contribution >= 0.6 is 12.4 Å². The van der Waals surface area contributed by atoms with Crippen LogP contribution in [0.3, 0.4) is 0 Å². The first-order valence-electron chi connectivity index (χ1n) is 4.48. The Morgan fingerprint density at radius 3 is 2.87 bits per heavy atom. The summed E-state index contributed by atoms with van der Waals surface area (Å²) >= 11 is 0. The van der Waals surface area contributed by atoms with Crippen LogP contribution in [0.15, 0.2) is 12.1 Å². The van der Waals surface area contributed by atoms with Crippen molar-refractivity contribution in [2.45, 2.75) is 12.8 Å². The lowest BCUT2D eigenvalue weighted by molar-refractivity contribution is 0.0696. The van der Waals surface area contributed by atoms with Gasteiger partial charge in [-0.15, -0.1) is 12.4 Å². The maximum absolute atomic E-state index is 13.4. The molecular formula is C10H11ClFNO2. The molecule has 0 bridgehead atoms. The van der Waals surface area contributed by atoms with Crippen molar-refractivity contribution in [3.63, 3.8) is 0 Å². The van der Waals surface area contributed by atoms with Crippen molar-refractivity contribution < 1.29 is 14.3 Å². The second-order valence-electron chi connectivity index (χ2n) is 3.33. The minimum absolute atomic E-state index is 0. The fourth-order valence-electron chi connectivity index (χ4n) is 1.67. The molecule has 5 heteroatoms. The van der Waals surface area contributed by atoms with Gasteiger partial charge in [0.25, 0.3) is 0 Å². The fourth-order valence-corrected chi connectivity index (χ4v) is 1.67. The van der Waals surface area contributed by atoms with Crippen molar-refractivity contribution in [3.8, 4) is 0 Å². The van der Waals surface area contributed by atoms with Gasteiger partial charge in [0.2, 0.25) is 0 Å². The number of hydrogen-bond acceptors (Lipinski definition) is 2. The molecule has 1 aliphatic heterocycles. The van der Waals surface area contributed by atoms with Crippen molar-refractivity contribution in [3.05, 3.63) is 29.1 Å². The van der Waals surface area contributed by atoms with Crippen LogP contribution in [-0.2, 0) is 6.42 Å². The van der Waals surface area contributed by atoms with Crippen LogP contribution in [0.1, 0.15) is 22.3 Å². The topological polar surface area (TPSA) is 49.3 Å². The average molecular weight is 232 g/mol. The molecule has 2 rings (SSSR count). The number of aromatic carboxylic acids is 1. The number of anilines is 1. The predicted octanol–water partition coefficient (Wildman–Crippen LogP) is 2.30. The zero-order valence-electron chi connectivity index (χ0n) is 7.92. The summed E-state index contributed by atoms with van der Waals surface area (Å²) in [4.78, 5) is 10.7. The Kier molecular flexibility index (Phi) is 3.52. The zero-order chi connectivity index (χ0) is 10.1. The second kappa shape index (κ2) is 4.49. The van der Waals surface area contributed by atoms with Gasteiger partial charge in [0.05, 0.1) is 11.3 Å². The van der Waals surface area contributed by atoms with Gasteiger partial charge in [-0.25, -0.2) is 9.18 Å². The Balaban J connectivity index is 0.00000112. The number of carboxylic acids is 1. The van der Waals surface area contributed by atoms with E-state index in [1.54, 1.807) is 0 Å². The minimum Gasteiger partial charge on any atom is -0.478 e. The van der Waals surface area contributed by atoms with Gasteiger partial charge in [0, 0.05) is 6.54 Å². The Morgan fingerprint density at radius 2 is 2.20 bits per heavy atom. The summed E-state index contributed by atoms with van der Waals surface area (Å²) in [7, 11) is 0. The summed E-state index contributed by atoms with van der Waals surface area (Å²) in [5.41, 5.74) is 1.24. The number of benzene rings is 1. The van der Waals surface area contributed by atoms with Gasteiger partial charge in [0.15, 0.2) is 0 Å². The van der Waals surface area contributed by atoms with Crippen LogP contribution in [0, 0.1) is 5.82 Å². The molecule has 1 aromatic carbocycles.